The fraction of sp³-hybridized carbons (Fsp3) is 0.238. The van der Waals surface area contributed by atoms with Crippen molar-refractivity contribution in [3.8, 4) is 0 Å². The topological polar surface area (TPSA) is 58.2 Å². The monoisotopic (exact) mass is 332 g/mol. The van der Waals surface area contributed by atoms with Crippen LogP contribution in [-0.2, 0) is 9.59 Å². The molecule has 2 N–H and O–H groups in total. The van der Waals surface area contributed by atoms with Crippen LogP contribution in [0.3, 0.4) is 0 Å². The van der Waals surface area contributed by atoms with Gasteiger partial charge in [-0.1, -0.05) is 48.6 Å². The van der Waals surface area contributed by atoms with Gasteiger partial charge < -0.3 is 10.6 Å². The van der Waals surface area contributed by atoms with Crippen LogP contribution in [0.5, 0.6) is 0 Å². The Morgan fingerprint density at radius 2 is 1.08 bits per heavy atom. The maximum absolute atomic E-state index is 12.8. The van der Waals surface area contributed by atoms with E-state index in [9.17, 15) is 9.59 Å². The van der Waals surface area contributed by atoms with Crippen molar-refractivity contribution in [3.05, 3.63) is 72.8 Å². The minimum Gasteiger partial charge on any atom is -0.326 e. The van der Waals surface area contributed by atoms with Crippen molar-refractivity contribution in [2.75, 3.05) is 10.6 Å². The number of carbonyl (C=O) groups is 2. The summed E-state index contributed by atoms with van der Waals surface area (Å²) in [5.41, 5.74) is 1.53. The highest BCUT2D eigenvalue weighted by Crippen LogP contribution is 2.48. The van der Waals surface area contributed by atoms with Crippen molar-refractivity contribution in [2.24, 2.45) is 23.7 Å². The van der Waals surface area contributed by atoms with Crippen LogP contribution in [0.15, 0.2) is 72.8 Å². The lowest BCUT2D eigenvalue weighted by atomic mass is 9.81. The number of carbonyl (C=O) groups excluding carboxylic acids is 2. The first kappa shape index (κ1) is 15.6. The Morgan fingerprint density at radius 3 is 1.48 bits per heavy atom. The Bertz CT molecular complexity index is 734. The van der Waals surface area contributed by atoms with E-state index in [1.807, 2.05) is 60.7 Å². The number of fused-ring (bicyclic) bond motifs is 2. The molecule has 0 saturated heterocycles. The van der Waals surface area contributed by atoms with Gasteiger partial charge in [-0.2, -0.15) is 0 Å². The fourth-order valence-corrected chi connectivity index (χ4v) is 4.03. The number of nitrogens with one attached hydrogen (secondary N) is 2. The molecular weight excluding hydrogens is 312 g/mol. The van der Waals surface area contributed by atoms with Crippen LogP contribution in [0.4, 0.5) is 11.4 Å². The Balaban J connectivity index is 1.52. The molecule has 4 atom stereocenters. The van der Waals surface area contributed by atoms with E-state index >= 15 is 0 Å². The summed E-state index contributed by atoms with van der Waals surface area (Å²) >= 11 is 0. The summed E-state index contributed by atoms with van der Waals surface area (Å²) in [4.78, 5) is 25.7. The molecule has 0 aromatic heterocycles. The van der Waals surface area contributed by atoms with E-state index in [0.29, 0.717) is 0 Å². The van der Waals surface area contributed by atoms with Gasteiger partial charge in [-0.25, -0.2) is 0 Å². The molecular formula is C21H20N2O2. The number of para-hydroxylation sites is 2. The molecule has 0 unspecified atom stereocenters. The van der Waals surface area contributed by atoms with Gasteiger partial charge in [0.15, 0.2) is 0 Å². The van der Waals surface area contributed by atoms with Gasteiger partial charge in [0.1, 0.15) is 0 Å². The molecule has 2 amide bonds. The number of rotatable bonds is 4. The minimum atomic E-state index is -0.320. The van der Waals surface area contributed by atoms with Gasteiger partial charge in [-0.15, -0.1) is 0 Å². The second kappa shape index (κ2) is 6.55. The van der Waals surface area contributed by atoms with Crippen LogP contribution in [0, 0.1) is 23.7 Å². The minimum absolute atomic E-state index is 0.0729. The molecule has 4 rings (SSSR count). The number of anilines is 2. The molecule has 0 spiro atoms. The van der Waals surface area contributed by atoms with Gasteiger partial charge >= 0.3 is 0 Å². The molecule has 25 heavy (non-hydrogen) atoms. The van der Waals surface area contributed by atoms with Crippen LogP contribution < -0.4 is 10.6 Å². The standard InChI is InChI=1S/C21H20N2O2/c24-20(22-16-7-3-1-4-8-16)18-14-11-12-15(13-14)19(18)21(25)23-17-9-5-2-6-10-17/h1-12,14-15,18-19H,13H2,(H,22,24)(H,23,25)/t14-,15-,18-,19+/m0/s1. The van der Waals surface area contributed by atoms with Gasteiger partial charge in [0.25, 0.3) is 0 Å². The van der Waals surface area contributed by atoms with Crippen LogP contribution in [0.1, 0.15) is 6.42 Å². The molecule has 1 saturated carbocycles. The molecule has 1 fully saturated rings. The molecule has 2 aliphatic carbocycles. The number of benzene rings is 2. The average Bonchev–Trinajstić information content (AvgIpc) is 3.24. The van der Waals surface area contributed by atoms with Crippen LogP contribution in [0.2, 0.25) is 0 Å². The van der Waals surface area contributed by atoms with Crippen molar-refractivity contribution in [2.45, 2.75) is 6.42 Å². The Morgan fingerprint density at radius 1 is 0.680 bits per heavy atom. The second-order valence-corrected chi connectivity index (χ2v) is 6.71. The highest BCUT2D eigenvalue weighted by atomic mass is 16.2. The molecule has 2 aromatic rings. The van der Waals surface area contributed by atoms with Gasteiger partial charge in [-0.05, 0) is 42.5 Å². The first-order valence-electron chi connectivity index (χ1n) is 8.62. The summed E-state index contributed by atoms with van der Waals surface area (Å²) < 4.78 is 0. The first-order chi connectivity index (χ1) is 12.2. The van der Waals surface area contributed by atoms with E-state index in [-0.39, 0.29) is 35.5 Å². The Kier molecular flexibility index (Phi) is 4.10. The lowest BCUT2D eigenvalue weighted by Gasteiger charge is -2.26. The van der Waals surface area contributed by atoms with Crippen LogP contribution in [0.25, 0.3) is 0 Å². The van der Waals surface area contributed by atoms with Crippen molar-refractivity contribution < 1.29 is 9.59 Å². The molecule has 0 heterocycles. The number of hydrogen-bond acceptors (Lipinski definition) is 2. The third-order valence-corrected chi connectivity index (χ3v) is 5.15. The van der Waals surface area contributed by atoms with E-state index in [1.165, 1.54) is 0 Å². The van der Waals surface area contributed by atoms with Gasteiger partial charge in [0.05, 0.1) is 11.8 Å². The summed E-state index contributed by atoms with van der Waals surface area (Å²) in [5, 5.41) is 5.93. The first-order valence-corrected chi connectivity index (χ1v) is 8.62. The highest BCUT2D eigenvalue weighted by Gasteiger charge is 2.51. The van der Waals surface area contributed by atoms with E-state index < -0.39 is 0 Å². The zero-order valence-electron chi connectivity index (χ0n) is 13.8. The smallest absolute Gasteiger partial charge is 0.228 e. The average molecular weight is 332 g/mol. The van der Waals surface area contributed by atoms with Crippen LogP contribution in [-0.4, -0.2) is 11.8 Å². The quantitative estimate of drug-likeness (QED) is 0.839. The maximum Gasteiger partial charge on any atom is 0.228 e. The fourth-order valence-electron chi connectivity index (χ4n) is 4.03. The van der Waals surface area contributed by atoms with Gasteiger partial charge in [0, 0.05) is 11.4 Å². The SMILES string of the molecule is O=C(Nc1ccccc1)[C@@H]1[C@H](C(=O)Nc2ccccc2)[C@H]2C=C[C@H]1C2. The third kappa shape index (κ3) is 3.07. The van der Waals surface area contributed by atoms with Crippen molar-refractivity contribution in [3.63, 3.8) is 0 Å². The predicted octanol–water partition coefficient (Wildman–Crippen LogP) is 3.70. The van der Waals surface area contributed by atoms with E-state index in [2.05, 4.69) is 22.8 Å². The molecule has 2 bridgehead atoms. The zero-order chi connectivity index (χ0) is 17.2. The molecule has 0 aliphatic heterocycles. The Labute approximate surface area is 146 Å². The molecule has 0 radical (unpaired) electrons. The number of hydrogen-bond donors (Lipinski definition) is 2. The summed E-state index contributed by atoms with van der Waals surface area (Å²) in [6.45, 7) is 0. The predicted molar refractivity (Wildman–Crippen MR) is 97.9 cm³/mol. The Hall–Kier alpha value is -2.88. The molecule has 4 nitrogen and oxygen atoms in total. The largest absolute Gasteiger partial charge is 0.326 e. The third-order valence-electron chi connectivity index (χ3n) is 5.15. The molecule has 126 valence electrons. The summed E-state index contributed by atoms with van der Waals surface area (Å²) in [6.07, 6.45) is 5.05. The summed E-state index contributed by atoms with van der Waals surface area (Å²) in [7, 11) is 0. The molecule has 2 aliphatic rings. The van der Waals surface area contributed by atoms with E-state index in [0.717, 1.165) is 17.8 Å². The maximum atomic E-state index is 12.8. The highest BCUT2D eigenvalue weighted by molar-refractivity contribution is 6.01. The van der Waals surface area contributed by atoms with Gasteiger partial charge in [-0.3, -0.25) is 9.59 Å². The van der Waals surface area contributed by atoms with Crippen LogP contribution >= 0.6 is 0 Å². The summed E-state index contributed by atoms with van der Waals surface area (Å²) in [6, 6.07) is 18.8. The number of amides is 2. The van der Waals surface area contributed by atoms with E-state index in [4.69, 9.17) is 0 Å². The summed E-state index contributed by atoms with van der Waals surface area (Å²) in [5.74, 6) is -0.508. The lowest BCUT2D eigenvalue weighted by molar-refractivity contribution is -0.129. The van der Waals surface area contributed by atoms with Crippen molar-refractivity contribution >= 4 is 23.2 Å². The lowest BCUT2D eigenvalue weighted by Crippen LogP contribution is -2.39. The van der Waals surface area contributed by atoms with E-state index in [1.54, 1.807) is 0 Å². The molecule has 4 heteroatoms. The molecule has 2 aromatic carbocycles. The van der Waals surface area contributed by atoms with Crippen molar-refractivity contribution in [1.82, 2.24) is 0 Å². The van der Waals surface area contributed by atoms with Gasteiger partial charge in [0.2, 0.25) is 11.8 Å². The normalized spacial score (nSPS) is 26.4. The van der Waals surface area contributed by atoms with Crippen molar-refractivity contribution in [1.29, 1.82) is 0 Å². The zero-order valence-corrected chi connectivity index (χ0v) is 13.8. The number of allylic oxidation sites excluding steroid dienone is 2. The second-order valence-electron chi connectivity index (χ2n) is 6.71.